The molecule has 2 heterocycles. The summed E-state index contributed by atoms with van der Waals surface area (Å²) in [4.78, 5) is 39.7. The molecule has 2 aromatic rings. The van der Waals surface area contributed by atoms with Crippen LogP contribution in [0.4, 0.5) is 0 Å². The average molecular weight is 368 g/mol. The third-order valence-electron chi connectivity index (χ3n) is 4.74. The maximum absolute atomic E-state index is 12.6. The van der Waals surface area contributed by atoms with E-state index in [9.17, 15) is 14.4 Å². The Balaban J connectivity index is 1.54. The van der Waals surface area contributed by atoms with E-state index >= 15 is 0 Å². The van der Waals surface area contributed by atoms with Gasteiger partial charge in [-0.2, -0.15) is 5.10 Å². The number of benzene rings is 1. The van der Waals surface area contributed by atoms with Gasteiger partial charge in [0, 0.05) is 38.7 Å². The number of carbonyl (C=O) groups is 2. The molecule has 0 saturated carbocycles. The lowest BCUT2D eigenvalue weighted by Crippen LogP contribution is -2.38. The Morgan fingerprint density at radius 1 is 1.07 bits per heavy atom. The zero-order chi connectivity index (χ0) is 19.2. The Bertz CT molecular complexity index is 857. The summed E-state index contributed by atoms with van der Waals surface area (Å²) in [5, 5.41) is 6.08. The molecule has 0 radical (unpaired) electrons. The first-order valence-electron chi connectivity index (χ1n) is 9.21. The van der Waals surface area contributed by atoms with Crippen molar-refractivity contribution in [3.63, 3.8) is 0 Å². The van der Waals surface area contributed by atoms with Crippen LogP contribution in [0, 0.1) is 6.92 Å². The third kappa shape index (κ3) is 5.03. The zero-order valence-electron chi connectivity index (χ0n) is 15.5. The number of hydrogen-bond donors (Lipinski definition) is 1. The van der Waals surface area contributed by atoms with Crippen molar-refractivity contribution >= 4 is 11.8 Å². The molecule has 0 bridgehead atoms. The Morgan fingerprint density at radius 3 is 2.59 bits per heavy atom. The van der Waals surface area contributed by atoms with Crippen molar-refractivity contribution in [3.05, 3.63) is 63.6 Å². The Hall–Kier alpha value is -2.96. The molecule has 1 aromatic heterocycles. The lowest BCUT2D eigenvalue weighted by Gasteiger charge is -2.22. The molecule has 1 aliphatic heterocycles. The molecule has 142 valence electrons. The van der Waals surface area contributed by atoms with Gasteiger partial charge in [0.15, 0.2) is 0 Å². The fourth-order valence-corrected chi connectivity index (χ4v) is 3.27. The lowest BCUT2D eigenvalue weighted by atomic mass is 10.1. The van der Waals surface area contributed by atoms with Crippen LogP contribution >= 0.6 is 0 Å². The minimum Gasteiger partial charge on any atom is -0.341 e. The number of carbonyl (C=O) groups excluding carboxylic acids is 2. The first-order chi connectivity index (χ1) is 13.0. The number of aromatic amines is 1. The van der Waals surface area contributed by atoms with Gasteiger partial charge in [0.25, 0.3) is 11.5 Å². The van der Waals surface area contributed by atoms with E-state index in [2.05, 4.69) is 16.3 Å². The van der Waals surface area contributed by atoms with Crippen molar-refractivity contribution in [3.8, 4) is 0 Å². The molecule has 3 rings (SSSR count). The van der Waals surface area contributed by atoms with E-state index < -0.39 is 0 Å². The molecule has 1 N–H and O–H groups in total. The van der Waals surface area contributed by atoms with E-state index in [0.29, 0.717) is 32.6 Å². The summed E-state index contributed by atoms with van der Waals surface area (Å²) in [6.45, 7) is 4.25. The van der Waals surface area contributed by atoms with Crippen LogP contribution in [0.3, 0.4) is 0 Å². The van der Waals surface area contributed by atoms with Gasteiger partial charge in [0.1, 0.15) is 5.69 Å². The van der Waals surface area contributed by atoms with Crippen molar-refractivity contribution in [2.45, 2.75) is 26.2 Å². The van der Waals surface area contributed by atoms with Crippen molar-refractivity contribution in [1.82, 2.24) is 20.0 Å². The summed E-state index contributed by atoms with van der Waals surface area (Å²) < 4.78 is 0. The molecule has 2 amide bonds. The van der Waals surface area contributed by atoms with Gasteiger partial charge in [-0.3, -0.25) is 14.4 Å². The minimum atomic E-state index is -0.340. The van der Waals surface area contributed by atoms with Gasteiger partial charge >= 0.3 is 0 Å². The number of aromatic nitrogens is 2. The summed E-state index contributed by atoms with van der Waals surface area (Å²) in [5.41, 5.74) is 2.24. The van der Waals surface area contributed by atoms with Gasteiger partial charge < -0.3 is 9.80 Å². The highest BCUT2D eigenvalue weighted by Crippen LogP contribution is 2.11. The van der Waals surface area contributed by atoms with E-state index in [1.165, 1.54) is 23.3 Å². The van der Waals surface area contributed by atoms with Crippen molar-refractivity contribution in [2.24, 2.45) is 0 Å². The molecule has 7 heteroatoms. The molecular formula is C20H24N4O3. The minimum absolute atomic E-state index is 0.118. The normalized spacial score (nSPS) is 14.7. The standard InChI is InChI=1S/C20H24N4O3/c1-15-4-2-5-16(14-15)6-9-19(26)23-10-3-11-24(13-12-23)20(27)17-7-8-18(25)22-21-17/h2,4-5,7-8,14H,3,6,9-13H2,1H3,(H,22,25). The summed E-state index contributed by atoms with van der Waals surface area (Å²) in [6, 6.07) is 10.9. The molecule has 0 aliphatic carbocycles. The molecule has 1 fully saturated rings. The molecule has 1 aliphatic rings. The second-order valence-electron chi connectivity index (χ2n) is 6.82. The van der Waals surface area contributed by atoms with Gasteiger partial charge in [-0.05, 0) is 31.4 Å². The molecule has 1 aromatic carbocycles. The predicted octanol–water partition coefficient (Wildman–Crippen LogP) is 1.39. The number of amides is 2. The fraction of sp³-hybridized carbons (Fsp3) is 0.400. The van der Waals surface area contributed by atoms with E-state index in [1.807, 2.05) is 30.0 Å². The number of rotatable bonds is 4. The Kier molecular flexibility index (Phi) is 6.01. The molecule has 1 saturated heterocycles. The van der Waals surface area contributed by atoms with Crippen LogP contribution in [0.15, 0.2) is 41.2 Å². The second kappa shape index (κ2) is 8.62. The van der Waals surface area contributed by atoms with Gasteiger partial charge in [-0.25, -0.2) is 5.10 Å². The van der Waals surface area contributed by atoms with Crippen molar-refractivity contribution in [2.75, 3.05) is 26.2 Å². The molecule has 7 nitrogen and oxygen atoms in total. The molecule has 0 unspecified atom stereocenters. The Morgan fingerprint density at radius 2 is 1.85 bits per heavy atom. The first-order valence-corrected chi connectivity index (χ1v) is 9.21. The number of hydrogen-bond acceptors (Lipinski definition) is 4. The van der Waals surface area contributed by atoms with E-state index in [1.54, 1.807) is 4.90 Å². The van der Waals surface area contributed by atoms with E-state index in [0.717, 1.165) is 12.8 Å². The molecule has 27 heavy (non-hydrogen) atoms. The van der Waals surface area contributed by atoms with Gasteiger partial charge in [-0.1, -0.05) is 29.8 Å². The van der Waals surface area contributed by atoms with Crippen molar-refractivity contribution < 1.29 is 9.59 Å². The van der Waals surface area contributed by atoms with Gasteiger partial charge in [0.05, 0.1) is 0 Å². The highest BCUT2D eigenvalue weighted by molar-refractivity contribution is 5.92. The van der Waals surface area contributed by atoms with Crippen LogP contribution in [0.1, 0.15) is 34.5 Å². The number of nitrogens with zero attached hydrogens (tertiary/aromatic N) is 3. The zero-order valence-corrected chi connectivity index (χ0v) is 15.5. The number of H-pyrrole nitrogens is 1. The predicted molar refractivity (Wildman–Crippen MR) is 101 cm³/mol. The van der Waals surface area contributed by atoms with Gasteiger partial charge in [-0.15, -0.1) is 0 Å². The largest absolute Gasteiger partial charge is 0.341 e. The Labute approximate surface area is 158 Å². The SMILES string of the molecule is Cc1cccc(CCC(=O)N2CCCN(C(=O)c3ccc(=O)[nH]n3)CC2)c1. The van der Waals surface area contributed by atoms with Crippen LogP contribution in [0.2, 0.25) is 0 Å². The van der Waals surface area contributed by atoms with Crippen LogP contribution in [-0.2, 0) is 11.2 Å². The van der Waals surface area contributed by atoms with Crippen molar-refractivity contribution in [1.29, 1.82) is 0 Å². The molecule has 0 spiro atoms. The first kappa shape index (κ1) is 18.8. The summed E-state index contributed by atoms with van der Waals surface area (Å²) in [7, 11) is 0. The summed E-state index contributed by atoms with van der Waals surface area (Å²) in [5.74, 6) is -0.103. The lowest BCUT2D eigenvalue weighted by molar-refractivity contribution is -0.131. The quantitative estimate of drug-likeness (QED) is 0.883. The topological polar surface area (TPSA) is 86.4 Å². The summed E-state index contributed by atoms with van der Waals surface area (Å²) in [6.07, 6.45) is 1.92. The monoisotopic (exact) mass is 368 g/mol. The molecular weight excluding hydrogens is 344 g/mol. The van der Waals surface area contributed by atoms with E-state index in [4.69, 9.17) is 0 Å². The highest BCUT2D eigenvalue weighted by Gasteiger charge is 2.23. The number of aryl methyl sites for hydroxylation is 2. The van der Waals surface area contributed by atoms with Crippen LogP contribution < -0.4 is 5.56 Å². The molecule has 0 atom stereocenters. The fourth-order valence-electron chi connectivity index (χ4n) is 3.27. The van der Waals surface area contributed by atoms with Gasteiger partial charge in [0.2, 0.25) is 5.91 Å². The third-order valence-corrected chi connectivity index (χ3v) is 4.74. The maximum atomic E-state index is 12.6. The maximum Gasteiger partial charge on any atom is 0.274 e. The summed E-state index contributed by atoms with van der Waals surface area (Å²) >= 11 is 0. The van der Waals surface area contributed by atoms with Crippen LogP contribution in [0.25, 0.3) is 0 Å². The second-order valence-corrected chi connectivity index (χ2v) is 6.82. The van der Waals surface area contributed by atoms with E-state index in [-0.39, 0.29) is 23.1 Å². The smallest absolute Gasteiger partial charge is 0.274 e. The number of nitrogens with one attached hydrogen (secondary N) is 1. The average Bonchev–Trinajstić information content (AvgIpc) is 2.92. The highest BCUT2D eigenvalue weighted by atomic mass is 16.2. The van der Waals surface area contributed by atoms with Crippen LogP contribution in [0.5, 0.6) is 0 Å². The van der Waals surface area contributed by atoms with Crippen LogP contribution in [-0.4, -0.2) is 58.0 Å².